The molecule has 0 aliphatic carbocycles. The Kier molecular flexibility index (Phi) is 3.22. The van der Waals surface area contributed by atoms with Crippen LogP contribution in [0.25, 0.3) is 5.69 Å². The molecular weight excluding hydrogens is 226 g/mol. The Morgan fingerprint density at radius 3 is 2.44 bits per heavy atom. The fourth-order valence-corrected chi connectivity index (χ4v) is 2.14. The van der Waals surface area contributed by atoms with E-state index >= 15 is 0 Å². The molecule has 4 heteroatoms. The van der Waals surface area contributed by atoms with Crippen molar-refractivity contribution >= 4 is 0 Å². The van der Waals surface area contributed by atoms with Crippen LogP contribution in [0.2, 0.25) is 0 Å². The van der Waals surface area contributed by atoms with E-state index < -0.39 is 0 Å². The first-order valence-electron chi connectivity index (χ1n) is 6.07. The third-order valence-electron chi connectivity index (χ3n) is 2.94. The Morgan fingerprint density at radius 2 is 1.89 bits per heavy atom. The third-order valence-corrected chi connectivity index (χ3v) is 2.94. The van der Waals surface area contributed by atoms with Gasteiger partial charge in [0, 0.05) is 5.41 Å². The number of aliphatic hydroxyl groups is 1. The molecule has 2 aromatic rings. The number of aromatic nitrogens is 3. The van der Waals surface area contributed by atoms with Crippen molar-refractivity contribution in [3.63, 3.8) is 0 Å². The molecule has 0 bridgehead atoms. The van der Waals surface area contributed by atoms with E-state index in [-0.39, 0.29) is 12.0 Å². The van der Waals surface area contributed by atoms with E-state index in [1.54, 1.807) is 0 Å². The van der Waals surface area contributed by atoms with Gasteiger partial charge in [-0.15, -0.1) is 5.10 Å². The second kappa shape index (κ2) is 4.53. The van der Waals surface area contributed by atoms with Gasteiger partial charge in [0.15, 0.2) is 0 Å². The lowest BCUT2D eigenvalue weighted by molar-refractivity contribution is 0.273. The maximum Gasteiger partial charge on any atom is 0.112 e. The van der Waals surface area contributed by atoms with Crippen LogP contribution in [0.3, 0.4) is 0 Å². The van der Waals surface area contributed by atoms with Gasteiger partial charge in [0.1, 0.15) is 5.69 Å². The van der Waals surface area contributed by atoms with Crippen LogP contribution in [0.15, 0.2) is 24.3 Å². The van der Waals surface area contributed by atoms with Crippen molar-refractivity contribution in [2.75, 3.05) is 0 Å². The van der Waals surface area contributed by atoms with Crippen LogP contribution in [0.4, 0.5) is 0 Å². The van der Waals surface area contributed by atoms with E-state index in [4.69, 9.17) is 0 Å². The largest absolute Gasteiger partial charge is 0.390 e. The molecule has 0 amide bonds. The number of hydrogen-bond donors (Lipinski definition) is 1. The minimum atomic E-state index is -0.121. The first kappa shape index (κ1) is 12.8. The molecule has 0 spiro atoms. The van der Waals surface area contributed by atoms with Gasteiger partial charge >= 0.3 is 0 Å². The van der Waals surface area contributed by atoms with E-state index in [1.807, 2.05) is 35.9 Å². The molecule has 1 aromatic heterocycles. The Hall–Kier alpha value is -1.68. The first-order chi connectivity index (χ1) is 8.45. The highest BCUT2D eigenvalue weighted by Crippen LogP contribution is 2.27. The van der Waals surface area contributed by atoms with Gasteiger partial charge in [-0.05, 0) is 18.6 Å². The van der Waals surface area contributed by atoms with Crippen LogP contribution < -0.4 is 0 Å². The SMILES string of the molecule is Cc1ccccc1-n1nnc(CO)c1C(C)(C)C. The Bertz CT molecular complexity index is 552. The number of benzene rings is 1. The topological polar surface area (TPSA) is 50.9 Å². The smallest absolute Gasteiger partial charge is 0.112 e. The minimum Gasteiger partial charge on any atom is -0.390 e. The summed E-state index contributed by atoms with van der Waals surface area (Å²) in [4.78, 5) is 0. The van der Waals surface area contributed by atoms with E-state index in [2.05, 4.69) is 31.1 Å². The molecule has 4 nitrogen and oxygen atoms in total. The molecule has 96 valence electrons. The molecule has 2 rings (SSSR count). The zero-order chi connectivity index (χ0) is 13.3. The van der Waals surface area contributed by atoms with Crippen molar-refractivity contribution in [3.8, 4) is 5.69 Å². The highest BCUT2D eigenvalue weighted by Gasteiger charge is 2.25. The molecule has 0 saturated heterocycles. The number of nitrogens with zero attached hydrogens (tertiary/aromatic N) is 3. The van der Waals surface area contributed by atoms with Crippen molar-refractivity contribution in [2.45, 2.75) is 39.7 Å². The molecular formula is C14H19N3O. The van der Waals surface area contributed by atoms with Gasteiger partial charge in [-0.2, -0.15) is 0 Å². The average Bonchev–Trinajstić information content (AvgIpc) is 2.73. The maximum absolute atomic E-state index is 9.40. The summed E-state index contributed by atoms with van der Waals surface area (Å²) in [6.07, 6.45) is 0. The van der Waals surface area contributed by atoms with Crippen molar-refractivity contribution in [3.05, 3.63) is 41.2 Å². The Balaban J connectivity index is 2.66. The number of aryl methyl sites for hydroxylation is 1. The number of rotatable bonds is 2. The van der Waals surface area contributed by atoms with Crippen molar-refractivity contribution in [2.24, 2.45) is 0 Å². The molecule has 0 fully saturated rings. The highest BCUT2D eigenvalue weighted by molar-refractivity contribution is 5.42. The standard InChI is InChI=1S/C14H19N3O/c1-10-7-5-6-8-12(10)17-13(14(2,3)4)11(9-18)15-16-17/h5-8,18H,9H2,1-4H3. The van der Waals surface area contributed by atoms with E-state index in [0.29, 0.717) is 5.69 Å². The summed E-state index contributed by atoms with van der Waals surface area (Å²) in [5.74, 6) is 0. The molecule has 0 atom stereocenters. The number of aliphatic hydroxyl groups excluding tert-OH is 1. The predicted molar refractivity (Wildman–Crippen MR) is 70.7 cm³/mol. The van der Waals surface area contributed by atoms with Crippen LogP contribution in [-0.2, 0) is 12.0 Å². The Labute approximate surface area is 107 Å². The fraction of sp³-hybridized carbons (Fsp3) is 0.429. The molecule has 18 heavy (non-hydrogen) atoms. The molecule has 0 unspecified atom stereocenters. The van der Waals surface area contributed by atoms with Gasteiger partial charge in [-0.25, -0.2) is 4.68 Å². The van der Waals surface area contributed by atoms with Gasteiger partial charge in [-0.3, -0.25) is 0 Å². The lowest BCUT2D eigenvalue weighted by Gasteiger charge is -2.21. The van der Waals surface area contributed by atoms with Gasteiger partial charge in [0.2, 0.25) is 0 Å². The summed E-state index contributed by atoms with van der Waals surface area (Å²) >= 11 is 0. The summed E-state index contributed by atoms with van der Waals surface area (Å²) in [6.45, 7) is 8.25. The molecule has 0 aliphatic heterocycles. The van der Waals surface area contributed by atoms with Crippen molar-refractivity contribution in [1.29, 1.82) is 0 Å². The maximum atomic E-state index is 9.40. The van der Waals surface area contributed by atoms with Crippen LogP contribution in [-0.4, -0.2) is 20.1 Å². The predicted octanol–water partition coefficient (Wildman–Crippen LogP) is 2.37. The number of para-hydroxylation sites is 1. The minimum absolute atomic E-state index is 0.0848. The lowest BCUT2D eigenvalue weighted by atomic mass is 9.90. The van der Waals surface area contributed by atoms with E-state index in [1.165, 1.54) is 0 Å². The normalized spacial score (nSPS) is 11.8. The zero-order valence-electron chi connectivity index (χ0n) is 11.3. The molecule has 0 saturated carbocycles. The third kappa shape index (κ3) is 2.16. The zero-order valence-corrected chi connectivity index (χ0v) is 11.3. The van der Waals surface area contributed by atoms with Gasteiger partial charge in [0.25, 0.3) is 0 Å². The summed E-state index contributed by atoms with van der Waals surface area (Å²) < 4.78 is 1.83. The average molecular weight is 245 g/mol. The quantitative estimate of drug-likeness (QED) is 0.883. The summed E-state index contributed by atoms with van der Waals surface area (Å²) in [5, 5.41) is 17.7. The van der Waals surface area contributed by atoms with Gasteiger partial charge in [0.05, 0.1) is 18.0 Å². The van der Waals surface area contributed by atoms with Crippen LogP contribution in [0, 0.1) is 6.92 Å². The van der Waals surface area contributed by atoms with Gasteiger partial charge in [-0.1, -0.05) is 44.2 Å². The fourth-order valence-electron chi connectivity index (χ4n) is 2.14. The molecule has 0 radical (unpaired) electrons. The second-order valence-electron chi connectivity index (χ2n) is 5.49. The number of hydrogen-bond acceptors (Lipinski definition) is 3. The molecule has 1 heterocycles. The summed E-state index contributed by atoms with van der Waals surface area (Å²) in [5.41, 5.74) is 3.63. The van der Waals surface area contributed by atoms with E-state index in [0.717, 1.165) is 16.9 Å². The van der Waals surface area contributed by atoms with E-state index in [9.17, 15) is 5.11 Å². The summed E-state index contributed by atoms with van der Waals surface area (Å²) in [7, 11) is 0. The summed E-state index contributed by atoms with van der Waals surface area (Å²) in [6, 6.07) is 8.04. The monoisotopic (exact) mass is 245 g/mol. The lowest BCUT2D eigenvalue weighted by Crippen LogP contribution is -2.20. The Morgan fingerprint density at radius 1 is 1.22 bits per heavy atom. The first-order valence-corrected chi connectivity index (χ1v) is 6.07. The highest BCUT2D eigenvalue weighted by atomic mass is 16.3. The van der Waals surface area contributed by atoms with Crippen molar-refractivity contribution < 1.29 is 5.11 Å². The van der Waals surface area contributed by atoms with Crippen LogP contribution in [0.1, 0.15) is 37.7 Å². The second-order valence-corrected chi connectivity index (χ2v) is 5.49. The van der Waals surface area contributed by atoms with Crippen LogP contribution in [0.5, 0.6) is 0 Å². The van der Waals surface area contributed by atoms with Crippen LogP contribution >= 0.6 is 0 Å². The van der Waals surface area contributed by atoms with Crippen molar-refractivity contribution in [1.82, 2.24) is 15.0 Å². The van der Waals surface area contributed by atoms with Gasteiger partial charge < -0.3 is 5.11 Å². The molecule has 1 N–H and O–H groups in total. The molecule has 1 aromatic carbocycles. The molecule has 0 aliphatic rings.